The average molecular weight is 499 g/mol. The van der Waals surface area contributed by atoms with Crippen LogP contribution in [0, 0.1) is 0 Å². The minimum atomic E-state index is -0.801. The highest BCUT2D eigenvalue weighted by molar-refractivity contribution is 8.00. The molecule has 2 N–H and O–H groups in total. The lowest BCUT2D eigenvalue weighted by Crippen LogP contribution is -2.51. The Balaban J connectivity index is 1.53. The highest BCUT2D eigenvalue weighted by Gasteiger charge is 2.24. The molecule has 1 atom stereocenters. The number of nitrogens with zero attached hydrogens (tertiary/aromatic N) is 2. The first-order valence-corrected chi connectivity index (χ1v) is 13.2. The Morgan fingerprint density at radius 3 is 2.61 bits per heavy atom. The lowest BCUT2D eigenvalue weighted by atomic mass is 10.1. The molecule has 1 aliphatic heterocycles. The number of carbonyl (C=O) groups excluding carboxylic acids is 3. The van der Waals surface area contributed by atoms with Crippen LogP contribution in [0.1, 0.15) is 5.69 Å². The van der Waals surface area contributed by atoms with Crippen LogP contribution in [0.3, 0.4) is 0 Å². The Morgan fingerprint density at radius 2 is 1.94 bits per heavy atom. The number of hydrogen-bond acceptors (Lipinski definition) is 7. The molecule has 0 spiro atoms. The average Bonchev–Trinajstić information content (AvgIpc) is 3.30. The molecule has 1 fully saturated rings. The van der Waals surface area contributed by atoms with Gasteiger partial charge < -0.3 is 15.5 Å². The molecule has 1 unspecified atom stereocenters. The van der Waals surface area contributed by atoms with E-state index in [-0.39, 0.29) is 30.5 Å². The fourth-order valence-corrected chi connectivity index (χ4v) is 5.19. The van der Waals surface area contributed by atoms with Crippen LogP contribution in [0.25, 0.3) is 0 Å². The van der Waals surface area contributed by atoms with Crippen LogP contribution >= 0.6 is 46.5 Å². The molecule has 7 nitrogen and oxygen atoms in total. The topological polar surface area (TPSA) is 91.4 Å². The summed E-state index contributed by atoms with van der Waals surface area (Å²) >= 11 is 10.5. The van der Waals surface area contributed by atoms with Crippen molar-refractivity contribution in [1.29, 1.82) is 0 Å². The Hall–Kier alpha value is -1.75. The molecule has 1 aliphatic rings. The predicted molar refractivity (Wildman–Crippen MR) is 127 cm³/mol. The van der Waals surface area contributed by atoms with Crippen molar-refractivity contribution in [3.63, 3.8) is 0 Å². The fourth-order valence-electron chi connectivity index (χ4n) is 2.88. The van der Waals surface area contributed by atoms with Gasteiger partial charge in [-0.3, -0.25) is 14.4 Å². The van der Waals surface area contributed by atoms with Crippen LogP contribution < -0.4 is 10.6 Å². The van der Waals surface area contributed by atoms with Crippen molar-refractivity contribution < 1.29 is 14.4 Å². The highest BCUT2D eigenvalue weighted by Crippen LogP contribution is 2.20. The van der Waals surface area contributed by atoms with E-state index in [1.54, 1.807) is 22.5 Å². The molecule has 1 aromatic carbocycles. The minimum Gasteiger partial charge on any atom is -0.345 e. The van der Waals surface area contributed by atoms with Gasteiger partial charge in [0.15, 0.2) is 0 Å². The monoisotopic (exact) mass is 498 g/mol. The van der Waals surface area contributed by atoms with Gasteiger partial charge >= 0.3 is 0 Å². The standard InChI is InChI=1S/C20H23ClN4O3S3/c21-14-1-3-16(4-2-14)31-12-18(26)24-17(9-15-11-30-13-23-15)20(28)22-10-19(27)25-5-7-29-8-6-25/h1-4,11,13,17H,5-10,12H2,(H,22,28)(H,24,26). The molecule has 1 saturated heterocycles. The van der Waals surface area contributed by atoms with E-state index in [9.17, 15) is 14.4 Å². The number of benzene rings is 1. The first kappa shape index (κ1) is 23.9. The van der Waals surface area contributed by atoms with Crippen LogP contribution in [0.2, 0.25) is 5.02 Å². The number of thioether (sulfide) groups is 2. The van der Waals surface area contributed by atoms with Crippen molar-refractivity contribution in [3.05, 3.63) is 45.9 Å². The van der Waals surface area contributed by atoms with E-state index in [1.807, 2.05) is 29.3 Å². The number of nitrogens with one attached hydrogen (secondary N) is 2. The zero-order valence-corrected chi connectivity index (χ0v) is 19.9. The Bertz CT molecular complexity index is 874. The molecule has 2 heterocycles. The van der Waals surface area contributed by atoms with Crippen LogP contribution in [0.5, 0.6) is 0 Å². The summed E-state index contributed by atoms with van der Waals surface area (Å²) in [4.78, 5) is 44.4. The van der Waals surface area contributed by atoms with Crippen molar-refractivity contribution in [2.24, 2.45) is 0 Å². The van der Waals surface area contributed by atoms with Crippen LogP contribution in [-0.4, -0.2) is 70.5 Å². The number of thiazole rings is 1. The van der Waals surface area contributed by atoms with Crippen LogP contribution in [0.15, 0.2) is 40.1 Å². The van der Waals surface area contributed by atoms with Crippen molar-refractivity contribution in [3.8, 4) is 0 Å². The molecule has 0 radical (unpaired) electrons. The number of carbonyl (C=O) groups is 3. The van der Waals surface area contributed by atoms with Gasteiger partial charge in [-0.15, -0.1) is 23.1 Å². The SMILES string of the molecule is O=C(CSc1ccc(Cl)cc1)NC(Cc1cscn1)C(=O)NCC(=O)N1CCSCC1. The largest absolute Gasteiger partial charge is 0.345 e. The maximum Gasteiger partial charge on any atom is 0.243 e. The van der Waals surface area contributed by atoms with E-state index in [2.05, 4.69) is 15.6 Å². The molecule has 0 bridgehead atoms. The van der Waals surface area contributed by atoms with Gasteiger partial charge in [0, 0.05) is 46.3 Å². The lowest BCUT2D eigenvalue weighted by Gasteiger charge is -2.27. The normalized spacial score (nSPS) is 14.7. The second kappa shape index (κ2) is 12.3. The number of rotatable bonds is 9. The van der Waals surface area contributed by atoms with Gasteiger partial charge in [-0.25, -0.2) is 4.98 Å². The first-order chi connectivity index (χ1) is 15.0. The molecular formula is C20H23ClN4O3S3. The summed E-state index contributed by atoms with van der Waals surface area (Å²) in [6.45, 7) is 1.31. The minimum absolute atomic E-state index is 0.0769. The number of aromatic nitrogens is 1. The van der Waals surface area contributed by atoms with E-state index >= 15 is 0 Å². The Morgan fingerprint density at radius 1 is 1.19 bits per heavy atom. The van der Waals surface area contributed by atoms with E-state index in [0.29, 0.717) is 18.1 Å². The summed E-state index contributed by atoms with van der Waals surface area (Å²) in [6, 6.07) is 6.40. The van der Waals surface area contributed by atoms with Gasteiger partial charge in [0.2, 0.25) is 17.7 Å². The number of amides is 3. The van der Waals surface area contributed by atoms with Gasteiger partial charge in [0.05, 0.1) is 23.5 Å². The maximum atomic E-state index is 12.8. The lowest BCUT2D eigenvalue weighted by molar-refractivity contribution is -0.133. The summed E-state index contributed by atoms with van der Waals surface area (Å²) in [6.07, 6.45) is 0.265. The zero-order valence-electron chi connectivity index (χ0n) is 16.7. The quantitative estimate of drug-likeness (QED) is 0.515. The molecule has 166 valence electrons. The highest BCUT2D eigenvalue weighted by atomic mass is 35.5. The van der Waals surface area contributed by atoms with Crippen molar-refractivity contribution in [2.45, 2.75) is 17.4 Å². The third-order valence-corrected chi connectivity index (χ3v) is 7.35. The van der Waals surface area contributed by atoms with Crippen LogP contribution in [-0.2, 0) is 20.8 Å². The van der Waals surface area contributed by atoms with Gasteiger partial charge in [0.1, 0.15) is 6.04 Å². The molecule has 11 heteroatoms. The molecule has 3 amide bonds. The third-order valence-electron chi connectivity index (χ3n) is 4.51. The Kier molecular flexibility index (Phi) is 9.51. The van der Waals surface area contributed by atoms with E-state index in [0.717, 1.165) is 22.1 Å². The molecule has 0 aliphatic carbocycles. The summed E-state index contributed by atoms with van der Waals surface area (Å²) in [5.74, 6) is 1.21. The van der Waals surface area contributed by atoms with Gasteiger partial charge in [0.25, 0.3) is 0 Å². The number of hydrogen-bond donors (Lipinski definition) is 2. The maximum absolute atomic E-state index is 12.8. The summed E-state index contributed by atoms with van der Waals surface area (Å²) in [5, 5.41) is 7.93. The van der Waals surface area contributed by atoms with E-state index in [4.69, 9.17) is 11.6 Å². The van der Waals surface area contributed by atoms with Gasteiger partial charge in [-0.1, -0.05) is 11.6 Å². The molecule has 2 aromatic rings. The second-order valence-corrected chi connectivity index (χ2v) is 10.2. The second-order valence-electron chi connectivity index (χ2n) is 6.76. The van der Waals surface area contributed by atoms with Crippen molar-refractivity contribution in [2.75, 3.05) is 36.9 Å². The molecule has 3 rings (SSSR count). The van der Waals surface area contributed by atoms with Crippen molar-refractivity contribution in [1.82, 2.24) is 20.5 Å². The number of halogens is 1. The smallest absolute Gasteiger partial charge is 0.243 e. The third kappa shape index (κ3) is 8.03. The molecular weight excluding hydrogens is 476 g/mol. The van der Waals surface area contributed by atoms with Crippen LogP contribution in [0.4, 0.5) is 0 Å². The predicted octanol–water partition coefficient (Wildman–Crippen LogP) is 2.31. The van der Waals surface area contributed by atoms with Gasteiger partial charge in [-0.05, 0) is 24.3 Å². The van der Waals surface area contributed by atoms with E-state index < -0.39 is 11.9 Å². The molecule has 1 aromatic heterocycles. The summed E-state index contributed by atoms with van der Waals surface area (Å²) < 4.78 is 0. The summed E-state index contributed by atoms with van der Waals surface area (Å²) in [5.41, 5.74) is 2.40. The van der Waals surface area contributed by atoms with Crippen molar-refractivity contribution >= 4 is 64.2 Å². The molecule has 0 saturated carbocycles. The Labute approximate surface area is 198 Å². The van der Waals surface area contributed by atoms with E-state index in [1.165, 1.54) is 23.1 Å². The first-order valence-electron chi connectivity index (χ1n) is 9.69. The summed E-state index contributed by atoms with van der Waals surface area (Å²) in [7, 11) is 0. The van der Waals surface area contributed by atoms with Gasteiger partial charge in [-0.2, -0.15) is 11.8 Å². The molecule has 31 heavy (non-hydrogen) atoms. The fraction of sp³-hybridized carbons (Fsp3) is 0.400. The zero-order chi connectivity index (χ0) is 22.1.